The Morgan fingerprint density at radius 3 is 2.62 bits per heavy atom. The molecule has 2 heterocycles. The molecule has 210 valence electrons. The number of nitrogens with zero attached hydrogens (tertiary/aromatic N) is 4. The highest BCUT2D eigenvalue weighted by Gasteiger charge is 2.33. The third kappa shape index (κ3) is 5.21. The number of rotatable bonds is 7. The number of benzene rings is 3. The molecule has 0 aliphatic carbocycles. The van der Waals surface area contributed by atoms with Crippen molar-refractivity contribution in [1.82, 2.24) is 19.3 Å². The van der Waals surface area contributed by atoms with Crippen LogP contribution in [0.2, 0.25) is 0 Å². The molecule has 4 aromatic rings. The topological polar surface area (TPSA) is 115 Å². The van der Waals surface area contributed by atoms with E-state index < -0.39 is 21.9 Å². The number of sulfonamides is 1. The highest BCUT2D eigenvalue weighted by atomic mass is 32.2. The van der Waals surface area contributed by atoms with Gasteiger partial charge in [0.1, 0.15) is 16.8 Å². The van der Waals surface area contributed by atoms with Gasteiger partial charge in [0, 0.05) is 26.1 Å². The third-order valence-corrected chi connectivity index (χ3v) is 9.63. The van der Waals surface area contributed by atoms with Gasteiger partial charge in [0.15, 0.2) is 0 Å². The predicted octanol–water partition coefficient (Wildman–Crippen LogP) is 4.58. The minimum Gasteiger partial charge on any atom is -0.494 e. The first-order chi connectivity index (χ1) is 19.0. The van der Waals surface area contributed by atoms with Gasteiger partial charge >= 0.3 is 5.97 Å². The highest BCUT2D eigenvalue weighted by molar-refractivity contribution is 7.89. The van der Waals surface area contributed by atoms with E-state index in [0.29, 0.717) is 29.1 Å². The molecule has 10 heteroatoms. The molecule has 9 nitrogen and oxygen atoms in total. The van der Waals surface area contributed by atoms with Crippen molar-refractivity contribution in [3.8, 4) is 5.75 Å². The van der Waals surface area contributed by atoms with Crippen molar-refractivity contribution in [1.29, 1.82) is 0 Å². The van der Waals surface area contributed by atoms with E-state index >= 15 is 0 Å². The second-order valence-electron chi connectivity index (χ2n) is 10.9. The fourth-order valence-electron chi connectivity index (χ4n) is 5.65. The Morgan fingerprint density at radius 2 is 1.90 bits per heavy atom. The van der Waals surface area contributed by atoms with Gasteiger partial charge in [-0.1, -0.05) is 42.5 Å². The molecule has 3 aromatic carbocycles. The predicted molar refractivity (Wildman–Crippen MR) is 152 cm³/mol. The molecule has 1 N–H and O–H groups in total. The number of hydrogen-bond acceptors (Lipinski definition) is 6. The van der Waals surface area contributed by atoms with Crippen LogP contribution in [0.3, 0.4) is 0 Å². The van der Waals surface area contributed by atoms with Gasteiger partial charge in [-0.15, -0.1) is 5.10 Å². The zero-order valence-corrected chi connectivity index (χ0v) is 24.2. The maximum absolute atomic E-state index is 13.8. The van der Waals surface area contributed by atoms with E-state index in [1.807, 2.05) is 56.3 Å². The standard InChI is InChI=1S/C30H34N4O5S/c1-18-6-8-22-10-19(2)16-34(40(37,38)28(22)11-18)17-24-12-21(9-7-20(24)3)25(15-29(35)36)23-13-26-30(27(14-23)39-5)33(4)32-31-26/h6-9,11-14,19,25H,10,15-17H2,1-5H3,(H,35,36)/t19-,25?/m0/s1. The van der Waals surface area contributed by atoms with Crippen molar-refractivity contribution >= 4 is 27.0 Å². The van der Waals surface area contributed by atoms with Crippen LogP contribution < -0.4 is 4.74 Å². The summed E-state index contributed by atoms with van der Waals surface area (Å²) in [6, 6.07) is 15.1. The molecule has 1 aromatic heterocycles. The van der Waals surface area contributed by atoms with Gasteiger partial charge in [-0.3, -0.25) is 4.79 Å². The molecule has 1 aliphatic rings. The number of fused-ring (bicyclic) bond motifs is 2. The monoisotopic (exact) mass is 562 g/mol. The Labute approximate surface area is 234 Å². The zero-order chi connectivity index (χ0) is 28.8. The summed E-state index contributed by atoms with van der Waals surface area (Å²) in [6.45, 7) is 6.52. The van der Waals surface area contributed by atoms with Gasteiger partial charge in [0.05, 0.1) is 18.4 Å². The van der Waals surface area contributed by atoms with Crippen LogP contribution in [-0.4, -0.2) is 52.4 Å². The molecule has 0 bridgehead atoms. The van der Waals surface area contributed by atoms with Crippen LogP contribution in [0.15, 0.2) is 53.4 Å². The molecule has 0 amide bonds. The average molecular weight is 563 g/mol. The molecule has 5 rings (SSSR count). The molecular weight excluding hydrogens is 528 g/mol. The molecule has 1 unspecified atom stereocenters. The van der Waals surface area contributed by atoms with Crippen molar-refractivity contribution < 1.29 is 23.1 Å². The van der Waals surface area contributed by atoms with Crippen molar-refractivity contribution in [2.75, 3.05) is 13.7 Å². The minimum absolute atomic E-state index is 0.146. The van der Waals surface area contributed by atoms with Crippen molar-refractivity contribution in [3.63, 3.8) is 0 Å². The average Bonchev–Trinajstić information content (AvgIpc) is 3.25. The first kappa shape index (κ1) is 27.8. The molecule has 0 fully saturated rings. The van der Waals surface area contributed by atoms with Gasteiger partial charge in [-0.05, 0) is 77.8 Å². The number of carboxylic acids is 1. The highest BCUT2D eigenvalue weighted by Crippen LogP contribution is 2.36. The fraction of sp³-hybridized carbons (Fsp3) is 0.367. The maximum Gasteiger partial charge on any atom is 0.304 e. The van der Waals surface area contributed by atoms with E-state index in [1.54, 1.807) is 29.2 Å². The van der Waals surface area contributed by atoms with Crippen molar-refractivity contribution in [2.24, 2.45) is 13.0 Å². The number of carbonyl (C=O) groups is 1. The van der Waals surface area contributed by atoms with Crippen LogP contribution in [0.5, 0.6) is 5.75 Å². The molecule has 0 saturated carbocycles. The Balaban J connectivity index is 1.56. The van der Waals surface area contributed by atoms with E-state index in [9.17, 15) is 18.3 Å². The van der Waals surface area contributed by atoms with Crippen LogP contribution in [0.25, 0.3) is 11.0 Å². The summed E-state index contributed by atoms with van der Waals surface area (Å²) >= 11 is 0. The Hall–Kier alpha value is -3.76. The maximum atomic E-state index is 13.8. The summed E-state index contributed by atoms with van der Waals surface area (Å²) in [4.78, 5) is 12.4. The summed E-state index contributed by atoms with van der Waals surface area (Å²) in [7, 11) is -0.386. The summed E-state index contributed by atoms with van der Waals surface area (Å²) in [6.07, 6.45) is 0.543. The summed E-state index contributed by atoms with van der Waals surface area (Å²) < 4.78 is 36.5. The lowest BCUT2D eigenvalue weighted by molar-refractivity contribution is -0.137. The Bertz CT molecular complexity index is 1710. The summed E-state index contributed by atoms with van der Waals surface area (Å²) in [5.41, 5.74) is 6.39. The zero-order valence-electron chi connectivity index (χ0n) is 23.4. The van der Waals surface area contributed by atoms with E-state index in [4.69, 9.17) is 4.74 Å². The number of ether oxygens (including phenoxy) is 1. The number of methoxy groups -OCH3 is 1. The van der Waals surface area contributed by atoms with Crippen LogP contribution in [0.1, 0.15) is 52.6 Å². The van der Waals surface area contributed by atoms with Crippen LogP contribution >= 0.6 is 0 Å². The number of aliphatic carboxylic acids is 1. The van der Waals surface area contributed by atoms with Gasteiger partial charge in [0.2, 0.25) is 10.0 Å². The number of hydrogen-bond donors (Lipinski definition) is 1. The molecule has 0 saturated heterocycles. The SMILES string of the molecule is COc1cc(C(CC(=O)O)c2ccc(C)c(CN3C[C@@H](C)Cc4ccc(C)cc4S3(=O)=O)c2)cc2nnn(C)c12. The normalized spacial score (nSPS) is 17.8. The van der Waals surface area contributed by atoms with Crippen molar-refractivity contribution in [3.05, 3.63) is 81.9 Å². The first-order valence-electron chi connectivity index (χ1n) is 13.3. The van der Waals surface area contributed by atoms with Crippen LogP contribution in [0, 0.1) is 19.8 Å². The third-order valence-electron chi connectivity index (χ3n) is 7.73. The number of aryl methyl sites for hydroxylation is 3. The minimum atomic E-state index is -3.72. The lowest BCUT2D eigenvalue weighted by atomic mass is 9.86. The fourth-order valence-corrected chi connectivity index (χ4v) is 7.50. The lowest BCUT2D eigenvalue weighted by Gasteiger charge is -2.25. The molecule has 0 spiro atoms. The molecule has 1 aliphatic heterocycles. The van der Waals surface area contributed by atoms with Gasteiger partial charge in [-0.2, -0.15) is 4.31 Å². The quantitative estimate of drug-likeness (QED) is 0.351. The Morgan fingerprint density at radius 1 is 1.12 bits per heavy atom. The lowest BCUT2D eigenvalue weighted by Crippen LogP contribution is -2.33. The largest absolute Gasteiger partial charge is 0.494 e. The van der Waals surface area contributed by atoms with Gasteiger partial charge in [0.25, 0.3) is 0 Å². The smallest absolute Gasteiger partial charge is 0.304 e. The molecular formula is C30H34N4O5S. The van der Waals surface area contributed by atoms with E-state index in [1.165, 1.54) is 0 Å². The molecule has 0 radical (unpaired) electrons. The van der Waals surface area contributed by atoms with Crippen LogP contribution in [0.4, 0.5) is 0 Å². The van der Waals surface area contributed by atoms with E-state index in [2.05, 4.69) is 17.2 Å². The van der Waals surface area contributed by atoms with Crippen molar-refractivity contribution in [2.45, 2.75) is 51.0 Å². The molecule has 40 heavy (non-hydrogen) atoms. The van der Waals surface area contributed by atoms with E-state index in [-0.39, 0.29) is 18.9 Å². The number of carboxylic acid groups (broad SMARTS) is 1. The number of aromatic nitrogens is 3. The second-order valence-corrected chi connectivity index (χ2v) is 12.8. The summed E-state index contributed by atoms with van der Waals surface area (Å²) in [5.74, 6) is -0.740. The van der Waals surface area contributed by atoms with Gasteiger partial charge in [-0.25, -0.2) is 13.1 Å². The van der Waals surface area contributed by atoms with E-state index in [0.717, 1.165) is 38.9 Å². The first-order valence-corrected chi connectivity index (χ1v) is 14.7. The van der Waals surface area contributed by atoms with Crippen LogP contribution in [-0.2, 0) is 34.8 Å². The summed E-state index contributed by atoms with van der Waals surface area (Å²) in [5, 5.41) is 18.1. The van der Waals surface area contributed by atoms with Gasteiger partial charge < -0.3 is 9.84 Å². The second kappa shape index (κ2) is 10.7. The molecule has 2 atom stereocenters. The Kier molecular flexibility index (Phi) is 7.41.